The summed E-state index contributed by atoms with van der Waals surface area (Å²) in [6, 6.07) is 0. The third kappa shape index (κ3) is 4.96. The van der Waals surface area contributed by atoms with Gasteiger partial charge < -0.3 is 15.2 Å². The van der Waals surface area contributed by atoms with Gasteiger partial charge in [-0.05, 0) is 13.8 Å². The minimum Gasteiger partial charge on any atom is -0.361 e. The molecule has 1 aromatic rings. The molecule has 5 nitrogen and oxygen atoms in total. The van der Waals surface area contributed by atoms with Gasteiger partial charge >= 0.3 is 0 Å². The highest BCUT2D eigenvalue weighted by molar-refractivity contribution is 14.0. The molecule has 0 aromatic carbocycles. The number of guanidine groups is 1. The van der Waals surface area contributed by atoms with Crippen molar-refractivity contribution in [2.45, 2.75) is 26.8 Å². The Morgan fingerprint density at radius 1 is 1.44 bits per heavy atom. The molecule has 0 bridgehead atoms. The van der Waals surface area contributed by atoms with Crippen LogP contribution in [0.4, 0.5) is 0 Å². The highest BCUT2D eigenvalue weighted by Crippen LogP contribution is 2.11. The molecular formula is C12H19IN4O. The lowest BCUT2D eigenvalue weighted by molar-refractivity contribution is 0.392. The largest absolute Gasteiger partial charge is 0.361 e. The van der Waals surface area contributed by atoms with Crippen LogP contribution in [-0.4, -0.2) is 24.7 Å². The van der Waals surface area contributed by atoms with E-state index < -0.39 is 0 Å². The summed E-state index contributed by atoms with van der Waals surface area (Å²) >= 11 is 0. The maximum atomic E-state index is 5.18. The molecule has 0 radical (unpaired) electrons. The summed E-state index contributed by atoms with van der Waals surface area (Å²) < 4.78 is 5.08. The number of aryl methyl sites for hydroxylation is 2. The minimum absolute atomic E-state index is 0. The Kier molecular flexibility index (Phi) is 8.20. The molecule has 0 fully saturated rings. The summed E-state index contributed by atoms with van der Waals surface area (Å²) in [5, 5.41) is 10.2. The van der Waals surface area contributed by atoms with Gasteiger partial charge in [0, 0.05) is 32.1 Å². The second-order valence-electron chi connectivity index (χ2n) is 3.61. The van der Waals surface area contributed by atoms with E-state index in [4.69, 9.17) is 10.9 Å². The van der Waals surface area contributed by atoms with Crippen molar-refractivity contribution in [2.24, 2.45) is 4.99 Å². The maximum Gasteiger partial charge on any atom is 0.191 e. The fourth-order valence-corrected chi connectivity index (χ4v) is 1.40. The summed E-state index contributed by atoms with van der Waals surface area (Å²) in [5.41, 5.74) is 1.96. The topological polar surface area (TPSA) is 62.5 Å². The quantitative estimate of drug-likeness (QED) is 0.281. The van der Waals surface area contributed by atoms with Crippen molar-refractivity contribution < 1.29 is 4.52 Å². The number of halogens is 1. The Bertz CT molecular complexity index is 414. The zero-order valence-corrected chi connectivity index (χ0v) is 13.2. The number of rotatable bonds is 4. The van der Waals surface area contributed by atoms with Crippen LogP contribution in [0.25, 0.3) is 0 Å². The zero-order chi connectivity index (χ0) is 12.7. The van der Waals surface area contributed by atoms with Crippen molar-refractivity contribution in [2.75, 3.05) is 13.6 Å². The maximum absolute atomic E-state index is 5.18. The lowest BCUT2D eigenvalue weighted by Gasteiger charge is -2.10. The first-order chi connectivity index (χ1) is 8.19. The van der Waals surface area contributed by atoms with E-state index in [2.05, 4.69) is 26.7 Å². The SMILES string of the molecule is C#CCCNC(=NC)NCc1c(C)noc1C.I. The van der Waals surface area contributed by atoms with Gasteiger partial charge in [-0.25, -0.2) is 0 Å². The third-order valence-corrected chi connectivity index (χ3v) is 2.40. The number of nitrogens with one attached hydrogen (secondary N) is 2. The summed E-state index contributed by atoms with van der Waals surface area (Å²) in [7, 11) is 1.72. The molecule has 0 spiro atoms. The first-order valence-corrected chi connectivity index (χ1v) is 5.48. The molecule has 2 N–H and O–H groups in total. The van der Waals surface area contributed by atoms with Gasteiger partial charge in [0.1, 0.15) is 5.76 Å². The monoisotopic (exact) mass is 362 g/mol. The summed E-state index contributed by atoms with van der Waals surface area (Å²) in [6.07, 6.45) is 5.85. The van der Waals surface area contributed by atoms with Crippen LogP contribution in [-0.2, 0) is 6.54 Å². The molecule has 0 saturated heterocycles. The fraction of sp³-hybridized carbons (Fsp3) is 0.500. The van der Waals surface area contributed by atoms with Crippen LogP contribution in [0.2, 0.25) is 0 Å². The fourth-order valence-electron chi connectivity index (χ4n) is 1.40. The minimum atomic E-state index is 0. The molecule has 0 unspecified atom stereocenters. The van der Waals surface area contributed by atoms with Crippen molar-refractivity contribution in [3.05, 3.63) is 17.0 Å². The van der Waals surface area contributed by atoms with Crippen molar-refractivity contribution in [3.8, 4) is 12.3 Å². The average Bonchev–Trinajstić information content (AvgIpc) is 2.64. The zero-order valence-electron chi connectivity index (χ0n) is 10.9. The Morgan fingerprint density at radius 2 is 2.17 bits per heavy atom. The van der Waals surface area contributed by atoms with E-state index in [9.17, 15) is 0 Å². The van der Waals surface area contributed by atoms with E-state index in [1.807, 2.05) is 13.8 Å². The Hall–Kier alpha value is -1.23. The van der Waals surface area contributed by atoms with Gasteiger partial charge in [0.05, 0.1) is 5.69 Å². The summed E-state index contributed by atoms with van der Waals surface area (Å²) in [6.45, 7) is 5.16. The smallest absolute Gasteiger partial charge is 0.191 e. The van der Waals surface area contributed by atoms with Gasteiger partial charge in [0.25, 0.3) is 0 Å². The van der Waals surface area contributed by atoms with Gasteiger partial charge in [-0.3, -0.25) is 4.99 Å². The molecule has 0 atom stereocenters. The Balaban J connectivity index is 0.00000289. The summed E-state index contributed by atoms with van der Waals surface area (Å²) in [5.74, 6) is 4.12. The van der Waals surface area contributed by atoms with Crippen LogP contribution in [0.5, 0.6) is 0 Å². The molecule has 0 aliphatic heterocycles. The second kappa shape index (κ2) is 8.80. The van der Waals surface area contributed by atoms with Gasteiger partial charge in [-0.15, -0.1) is 36.3 Å². The van der Waals surface area contributed by atoms with Crippen LogP contribution >= 0.6 is 24.0 Å². The first kappa shape index (κ1) is 16.8. The Labute approximate surface area is 125 Å². The predicted molar refractivity (Wildman–Crippen MR) is 83.0 cm³/mol. The molecule has 1 aromatic heterocycles. The number of terminal acetylenes is 1. The first-order valence-electron chi connectivity index (χ1n) is 5.48. The van der Waals surface area contributed by atoms with E-state index in [1.54, 1.807) is 7.05 Å². The third-order valence-electron chi connectivity index (χ3n) is 2.40. The van der Waals surface area contributed by atoms with Gasteiger partial charge in [0.2, 0.25) is 0 Å². The Morgan fingerprint density at radius 3 is 2.67 bits per heavy atom. The highest BCUT2D eigenvalue weighted by atomic mass is 127. The molecule has 0 aliphatic carbocycles. The lowest BCUT2D eigenvalue weighted by Crippen LogP contribution is -2.37. The predicted octanol–water partition coefficient (Wildman–Crippen LogP) is 1.60. The van der Waals surface area contributed by atoms with E-state index in [1.165, 1.54) is 0 Å². The van der Waals surface area contributed by atoms with Gasteiger partial charge in [0.15, 0.2) is 5.96 Å². The summed E-state index contributed by atoms with van der Waals surface area (Å²) in [4.78, 5) is 4.09. The molecular weight excluding hydrogens is 343 g/mol. The van der Waals surface area contributed by atoms with Crippen LogP contribution in [0.3, 0.4) is 0 Å². The average molecular weight is 362 g/mol. The van der Waals surface area contributed by atoms with E-state index >= 15 is 0 Å². The molecule has 0 aliphatic rings. The van der Waals surface area contributed by atoms with Crippen molar-refractivity contribution in [1.82, 2.24) is 15.8 Å². The van der Waals surface area contributed by atoms with Gasteiger partial charge in [-0.1, -0.05) is 5.16 Å². The van der Waals surface area contributed by atoms with E-state index in [-0.39, 0.29) is 24.0 Å². The second-order valence-corrected chi connectivity index (χ2v) is 3.61. The standard InChI is InChI=1S/C12H18N4O.HI/c1-5-6-7-14-12(13-4)15-8-11-9(2)16-17-10(11)3;/h1H,6-8H2,2-4H3,(H2,13,14,15);1H. The number of hydrogen-bond donors (Lipinski definition) is 2. The normalized spacial score (nSPS) is 10.4. The number of aromatic nitrogens is 1. The number of hydrogen-bond acceptors (Lipinski definition) is 3. The van der Waals surface area contributed by atoms with Crippen LogP contribution in [0.15, 0.2) is 9.52 Å². The lowest BCUT2D eigenvalue weighted by atomic mass is 10.2. The van der Waals surface area contributed by atoms with E-state index in [0.29, 0.717) is 19.5 Å². The molecule has 6 heteroatoms. The van der Waals surface area contributed by atoms with Crippen LogP contribution in [0, 0.1) is 26.2 Å². The van der Waals surface area contributed by atoms with Gasteiger partial charge in [-0.2, -0.15) is 0 Å². The number of aliphatic imine (C=N–C) groups is 1. The highest BCUT2D eigenvalue weighted by Gasteiger charge is 2.08. The molecule has 1 heterocycles. The molecule has 0 amide bonds. The van der Waals surface area contributed by atoms with Crippen molar-refractivity contribution >= 4 is 29.9 Å². The molecule has 100 valence electrons. The van der Waals surface area contributed by atoms with Crippen molar-refractivity contribution in [1.29, 1.82) is 0 Å². The van der Waals surface area contributed by atoms with Crippen molar-refractivity contribution in [3.63, 3.8) is 0 Å². The molecule has 0 saturated carbocycles. The van der Waals surface area contributed by atoms with E-state index in [0.717, 1.165) is 23.0 Å². The molecule has 18 heavy (non-hydrogen) atoms. The van der Waals surface area contributed by atoms with Crippen LogP contribution in [0.1, 0.15) is 23.4 Å². The molecule has 1 rings (SSSR count). The van der Waals surface area contributed by atoms with Crippen LogP contribution < -0.4 is 10.6 Å². The number of nitrogens with zero attached hydrogens (tertiary/aromatic N) is 2.